The number of piperazine rings is 1. The van der Waals surface area contributed by atoms with Gasteiger partial charge in [-0.15, -0.1) is 0 Å². The first-order chi connectivity index (χ1) is 8.11. The number of nitrogens with one attached hydrogen (secondary N) is 1. The fourth-order valence-electron chi connectivity index (χ4n) is 3.32. The summed E-state index contributed by atoms with van der Waals surface area (Å²) in [6.07, 6.45) is 4.04. The molecule has 100 valence electrons. The van der Waals surface area contributed by atoms with Crippen molar-refractivity contribution in [2.24, 2.45) is 0 Å². The second-order valence-corrected chi connectivity index (χ2v) is 6.35. The molecule has 17 heavy (non-hydrogen) atoms. The number of hydrogen-bond acceptors (Lipinski definition) is 3. The van der Waals surface area contributed by atoms with Gasteiger partial charge in [-0.25, -0.2) is 0 Å². The summed E-state index contributed by atoms with van der Waals surface area (Å²) in [5.74, 6) is 0. The summed E-state index contributed by atoms with van der Waals surface area (Å²) in [7, 11) is 0. The normalized spacial score (nSPS) is 28.4. The maximum absolute atomic E-state index is 3.60. The van der Waals surface area contributed by atoms with Crippen LogP contribution < -0.4 is 5.32 Å². The molecule has 2 heterocycles. The fourth-order valence-corrected chi connectivity index (χ4v) is 3.32. The van der Waals surface area contributed by atoms with Gasteiger partial charge in [0.2, 0.25) is 0 Å². The van der Waals surface area contributed by atoms with Gasteiger partial charge in [0.25, 0.3) is 0 Å². The van der Waals surface area contributed by atoms with Crippen molar-refractivity contribution in [3.8, 4) is 0 Å². The zero-order valence-corrected chi connectivity index (χ0v) is 11.8. The highest BCUT2D eigenvalue weighted by atomic mass is 15.3. The second kappa shape index (κ2) is 5.68. The van der Waals surface area contributed by atoms with E-state index >= 15 is 0 Å². The van der Waals surface area contributed by atoms with Crippen LogP contribution in [0, 0.1) is 0 Å². The van der Waals surface area contributed by atoms with Crippen LogP contribution in [0.3, 0.4) is 0 Å². The largest absolute Gasteiger partial charge is 0.309 e. The standard InChI is InChI=1S/C14H29N3/c1-4-8-16-9-5-13(6-10-16)17-11-7-15-14(2,3)12-17/h13,15H,4-12H2,1-3H3. The molecule has 0 aromatic heterocycles. The second-order valence-electron chi connectivity index (χ2n) is 6.35. The van der Waals surface area contributed by atoms with Gasteiger partial charge in [0.1, 0.15) is 0 Å². The Kier molecular flexibility index (Phi) is 4.45. The molecule has 3 nitrogen and oxygen atoms in total. The number of rotatable bonds is 3. The lowest BCUT2D eigenvalue weighted by Crippen LogP contribution is -2.60. The van der Waals surface area contributed by atoms with Gasteiger partial charge in [-0.05, 0) is 52.7 Å². The van der Waals surface area contributed by atoms with E-state index in [1.165, 1.54) is 52.0 Å². The molecule has 0 radical (unpaired) electrons. The third-order valence-corrected chi connectivity index (χ3v) is 4.21. The molecule has 1 N–H and O–H groups in total. The Morgan fingerprint density at radius 3 is 2.47 bits per heavy atom. The zero-order valence-electron chi connectivity index (χ0n) is 11.8. The molecule has 2 fully saturated rings. The quantitative estimate of drug-likeness (QED) is 0.806. The van der Waals surface area contributed by atoms with Crippen LogP contribution in [0.25, 0.3) is 0 Å². The van der Waals surface area contributed by atoms with Crippen LogP contribution in [0.2, 0.25) is 0 Å². The van der Waals surface area contributed by atoms with Crippen molar-refractivity contribution in [2.75, 3.05) is 39.3 Å². The van der Waals surface area contributed by atoms with E-state index in [2.05, 4.69) is 35.9 Å². The topological polar surface area (TPSA) is 18.5 Å². The zero-order chi connectivity index (χ0) is 12.3. The first-order valence-electron chi connectivity index (χ1n) is 7.32. The molecule has 0 saturated carbocycles. The SMILES string of the molecule is CCCN1CCC(N2CCNC(C)(C)C2)CC1. The van der Waals surface area contributed by atoms with Gasteiger partial charge in [0.15, 0.2) is 0 Å². The number of hydrogen-bond donors (Lipinski definition) is 1. The monoisotopic (exact) mass is 239 g/mol. The summed E-state index contributed by atoms with van der Waals surface area (Å²) in [6, 6.07) is 0.837. The average molecular weight is 239 g/mol. The van der Waals surface area contributed by atoms with Crippen molar-refractivity contribution in [2.45, 2.75) is 51.6 Å². The smallest absolute Gasteiger partial charge is 0.0252 e. The van der Waals surface area contributed by atoms with E-state index in [0.29, 0.717) is 5.54 Å². The summed E-state index contributed by atoms with van der Waals surface area (Å²) in [5, 5.41) is 3.60. The molecule has 0 unspecified atom stereocenters. The van der Waals surface area contributed by atoms with Crippen molar-refractivity contribution in [3.63, 3.8) is 0 Å². The van der Waals surface area contributed by atoms with Gasteiger partial charge in [0.05, 0.1) is 0 Å². The molecule has 2 aliphatic rings. The molecule has 2 saturated heterocycles. The van der Waals surface area contributed by atoms with Gasteiger partial charge < -0.3 is 10.2 Å². The fraction of sp³-hybridized carbons (Fsp3) is 1.00. The van der Waals surface area contributed by atoms with E-state index in [1.807, 2.05) is 0 Å². The Morgan fingerprint density at radius 2 is 1.88 bits per heavy atom. The average Bonchev–Trinajstić information content (AvgIpc) is 2.29. The molecule has 0 atom stereocenters. The number of likely N-dealkylation sites (tertiary alicyclic amines) is 1. The highest BCUT2D eigenvalue weighted by Gasteiger charge is 2.31. The molecule has 3 heteroatoms. The summed E-state index contributed by atoms with van der Waals surface area (Å²) in [5.41, 5.74) is 0.304. The van der Waals surface area contributed by atoms with Crippen LogP contribution in [0.5, 0.6) is 0 Å². The van der Waals surface area contributed by atoms with Crippen molar-refractivity contribution in [3.05, 3.63) is 0 Å². The Labute approximate surface area is 107 Å². The van der Waals surface area contributed by atoms with Crippen molar-refractivity contribution in [1.29, 1.82) is 0 Å². The molecular weight excluding hydrogens is 210 g/mol. The molecule has 0 bridgehead atoms. The summed E-state index contributed by atoms with van der Waals surface area (Å²) in [4.78, 5) is 5.35. The lowest BCUT2D eigenvalue weighted by atomic mass is 9.96. The van der Waals surface area contributed by atoms with Crippen LogP contribution in [-0.2, 0) is 0 Å². The Bertz CT molecular complexity index is 232. The molecule has 0 amide bonds. The highest BCUT2D eigenvalue weighted by molar-refractivity contribution is 4.91. The summed E-state index contributed by atoms with van der Waals surface area (Å²) in [6.45, 7) is 14.4. The first-order valence-corrected chi connectivity index (χ1v) is 7.32. The van der Waals surface area contributed by atoms with E-state index in [1.54, 1.807) is 0 Å². The minimum atomic E-state index is 0.304. The van der Waals surface area contributed by atoms with Gasteiger partial charge in [0, 0.05) is 31.2 Å². The Balaban J connectivity index is 1.80. The minimum absolute atomic E-state index is 0.304. The third kappa shape index (κ3) is 3.67. The summed E-state index contributed by atoms with van der Waals surface area (Å²) < 4.78 is 0. The van der Waals surface area contributed by atoms with E-state index in [-0.39, 0.29) is 0 Å². The molecule has 0 spiro atoms. The van der Waals surface area contributed by atoms with Crippen LogP contribution in [0.4, 0.5) is 0 Å². The van der Waals surface area contributed by atoms with E-state index < -0.39 is 0 Å². The van der Waals surface area contributed by atoms with Crippen LogP contribution in [0.15, 0.2) is 0 Å². The Morgan fingerprint density at radius 1 is 1.18 bits per heavy atom. The molecule has 0 aromatic rings. The van der Waals surface area contributed by atoms with E-state index in [9.17, 15) is 0 Å². The first kappa shape index (κ1) is 13.3. The maximum Gasteiger partial charge on any atom is 0.0252 e. The van der Waals surface area contributed by atoms with Crippen molar-refractivity contribution < 1.29 is 0 Å². The lowest BCUT2D eigenvalue weighted by molar-refractivity contribution is 0.0644. The van der Waals surface area contributed by atoms with Crippen molar-refractivity contribution in [1.82, 2.24) is 15.1 Å². The van der Waals surface area contributed by atoms with E-state index in [0.717, 1.165) is 12.6 Å². The molecule has 0 aliphatic carbocycles. The number of piperidine rings is 1. The van der Waals surface area contributed by atoms with Gasteiger partial charge >= 0.3 is 0 Å². The van der Waals surface area contributed by atoms with Gasteiger partial charge in [-0.2, -0.15) is 0 Å². The summed E-state index contributed by atoms with van der Waals surface area (Å²) >= 11 is 0. The van der Waals surface area contributed by atoms with Crippen molar-refractivity contribution >= 4 is 0 Å². The number of nitrogens with zero attached hydrogens (tertiary/aromatic N) is 2. The van der Waals surface area contributed by atoms with Crippen LogP contribution in [-0.4, -0.2) is 60.6 Å². The van der Waals surface area contributed by atoms with Crippen LogP contribution >= 0.6 is 0 Å². The molecule has 0 aromatic carbocycles. The third-order valence-electron chi connectivity index (χ3n) is 4.21. The lowest BCUT2D eigenvalue weighted by Gasteiger charge is -2.45. The van der Waals surface area contributed by atoms with Crippen LogP contribution in [0.1, 0.15) is 40.0 Å². The van der Waals surface area contributed by atoms with Gasteiger partial charge in [-0.3, -0.25) is 4.90 Å². The maximum atomic E-state index is 3.60. The predicted molar refractivity (Wildman–Crippen MR) is 73.4 cm³/mol. The predicted octanol–water partition coefficient (Wildman–Crippen LogP) is 1.54. The Hall–Kier alpha value is -0.120. The molecular formula is C14H29N3. The van der Waals surface area contributed by atoms with Gasteiger partial charge in [-0.1, -0.05) is 6.92 Å². The molecule has 2 rings (SSSR count). The minimum Gasteiger partial charge on any atom is -0.309 e. The molecule has 2 aliphatic heterocycles. The van der Waals surface area contributed by atoms with E-state index in [4.69, 9.17) is 0 Å². The highest BCUT2D eigenvalue weighted by Crippen LogP contribution is 2.20.